The third-order valence-electron chi connectivity index (χ3n) is 18.4. The number of carbonyl (C=O) groups is 3. The summed E-state index contributed by atoms with van der Waals surface area (Å²) in [5.74, 6) is -0.0733. The van der Waals surface area contributed by atoms with Crippen LogP contribution in [0, 0.1) is 0 Å². The van der Waals surface area contributed by atoms with E-state index in [9.17, 15) is 29.7 Å². The van der Waals surface area contributed by atoms with E-state index in [0.29, 0.717) is 97.6 Å². The molecular formula is C72H141N3O13. The predicted molar refractivity (Wildman–Crippen MR) is 359 cm³/mol. The average Bonchev–Trinajstić information content (AvgIpc) is 3.40. The van der Waals surface area contributed by atoms with Crippen LogP contribution in [0.4, 0.5) is 4.79 Å². The minimum atomic E-state index is -1.34. The molecule has 88 heavy (non-hydrogen) atoms. The predicted octanol–water partition coefficient (Wildman–Crippen LogP) is 16.0. The fourth-order valence-electron chi connectivity index (χ4n) is 11.3. The van der Waals surface area contributed by atoms with Gasteiger partial charge in [-0.1, -0.05) is 227 Å². The van der Waals surface area contributed by atoms with Gasteiger partial charge in [-0.15, -0.1) is 0 Å². The number of rotatable bonds is 64. The van der Waals surface area contributed by atoms with Crippen molar-refractivity contribution in [1.82, 2.24) is 16.0 Å². The fraction of sp³-hybridized carbons (Fsp3) is 0.958. The van der Waals surface area contributed by atoms with E-state index in [2.05, 4.69) is 64.4 Å². The summed E-state index contributed by atoms with van der Waals surface area (Å²) in [6, 6.07) is 0. The summed E-state index contributed by atoms with van der Waals surface area (Å²) in [5.41, 5.74) is -1.50. The van der Waals surface area contributed by atoms with Gasteiger partial charge in [-0.2, -0.15) is 0 Å². The number of alkyl carbamates (subject to hydrolysis) is 1. The number of ether oxygens (including phenoxy) is 7. The van der Waals surface area contributed by atoms with E-state index in [4.69, 9.17) is 33.2 Å². The summed E-state index contributed by atoms with van der Waals surface area (Å²) in [7, 11) is 0. The number of aliphatic hydroxyl groups excluding tert-OH is 3. The molecule has 0 aromatic rings. The van der Waals surface area contributed by atoms with Crippen LogP contribution in [0.5, 0.6) is 0 Å². The molecule has 1 rings (SSSR count). The van der Waals surface area contributed by atoms with E-state index in [-0.39, 0.29) is 25.0 Å². The van der Waals surface area contributed by atoms with Gasteiger partial charge < -0.3 is 64.4 Å². The van der Waals surface area contributed by atoms with Crippen LogP contribution in [0.2, 0.25) is 0 Å². The van der Waals surface area contributed by atoms with Crippen LogP contribution in [-0.4, -0.2) is 147 Å². The van der Waals surface area contributed by atoms with Crippen molar-refractivity contribution in [2.24, 2.45) is 0 Å². The van der Waals surface area contributed by atoms with Crippen LogP contribution in [0.1, 0.15) is 331 Å². The van der Waals surface area contributed by atoms with Gasteiger partial charge in [0.15, 0.2) is 6.29 Å². The number of aliphatic hydroxyl groups is 3. The third kappa shape index (κ3) is 45.2. The van der Waals surface area contributed by atoms with Crippen molar-refractivity contribution in [3.05, 3.63) is 0 Å². The van der Waals surface area contributed by atoms with Crippen molar-refractivity contribution >= 4 is 17.9 Å². The molecule has 522 valence electrons. The van der Waals surface area contributed by atoms with E-state index in [1.165, 1.54) is 180 Å². The molecule has 0 saturated carbocycles. The van der Waals surface area contributed by atoms with Crippen LogP contribution in [0.3, 0.4) is 0 Å². The highest BCUT2D eigenvalue weighted by molar-refractivity contribution is 5.76. The molecule has 6 N–H and O–H groups in total. The molecule has 16 nitrogen and oxygen atoms in total. The maximum atomic E-state index is 13.0. The van der Waals surface area contributed by atoms with Crippen LogP contribution in [0.15, 0.2) is 0 Å². The molecule has 0 aromatic heterocycles. The minimum absolute atomic E-state index is 0.0140. The third-order valence-corrected chi connectivity index (χ3v) is 18.4. The second-order valence-corrected chi connectivity index (χ2v) is 26.5. The lowest BCUT2D eigenvalue weighted by atomic mass is 9.97. The molecule has 1 heterocycles. The molecule has 0 spiro atoms. The van der Waals surface area contributed by atoms with Gasteiger partial charge in [0, 0.05) is 52.3 Å². The molecule has 1 saturated heterocycles. The summed E-state index contributed by atoms with van der Waals surface area (Å²) in [5, 5.41) is 38.8. The highest BCUT2D eigenvalue weighted by Gasteiger charge is 2.42. The van der Waals surface area contributed by atoms with Gasteiger partial charge in [0.05, 0.1) is 37.1 Å². The maximum Gasteiger partial charge on any atom is 0.407 e. The van der Waals surface area contributed by atoms with Crippen molar-refractivity contribution in [1.29, 1.82) is 0 Å². The molecule has 8 atom stereocenters. The van der Waals surface area contributed by atoms with E-state index in [1.807, 2.05) is 0 Å². The summed E-state index contributed by atoms with van der Waals surface area (Å²) >= 11 is 0. The number of amides is 3. The Morgan fingerprint density at radius 1 is 0.409 bits per heavy atom. The van der Waals surface area contributed by atoms with E-state index in [0.717, 1.165) is 51.4 Å². The lowest BCUT2D eigenvalue weighted by Crippen LogP contribution is -2.57. The lowest BCUT2D eigenvalue weighted by molar-refractivity contribution is -0.293. The molecule has 0 aromatic carbocycles. The van der Waals surface area contributed by atoms with E-state index in [1.54, 1.807) is 6.92 Å². The number of unbranched alkanes of at least 4 members (excludes halogenated alkanes) is 32. The second-order valence-electron chi connectivity index (χ2n) is 26.5. The molecular weight excluding hydrogens is 1110 g/mol. The Labute approximate surface area is 539 Å². The summed E-state index contributed by atoms with van der Waals surface area (Å²) in [6.45, 7) is 21.0. The number of nitrogens with one attached hydrogen (secondary N) is 3. The largest absolute Gasteiger partial charge is 0.446 e. The minimum Gasteiger partial charge on any atom is -0.446 e. The van der Waals surface area contributed by atoms with E-state index >= 15 is 0 Å². The zero-order chi connectivity index (χ0) is 64.7. The molecule has 16 heteroatoms. The number of carbonyl (C=O) groups excluding carboxylic acids is 3. The van der Waals surface area contributed by atoms with E-state index < -0.39 is 53.6 Å². The monoisotopic (exact) mass is 1260 g/mol. The first-order valence-corrected chi connectivity index (χ1v) is 36.9. The average molecular weight is 1260 g/mol. The SMILES string of the molecule is CCCCCCCCCCCCCCCCCCOCC(CC)(COC(=O)NCCCCCC(=O)NCCC(C)(CC)OCCC(C)(CC)OCCNC(=O)CCCCOC1OC(C)C(O)C(O)C1O)OCCCCCCCCCCCCCCCCC. The van der Waals surface area contributed by atoms with Gasteiger partial charge >= 0.3 is 6.09 Å². The van der Waals surface area contributed by atoms with Crippen molar-refractivity contribution in [3.63, 3.8) is 0 Å². The Morgan fingerprint density at radius 3 is 1.34 bits per heavy atom. The molecule has 0 bridgehead atoms. The smallest absolute Gasteiger partial charge is 0.407 e. The topological polar surface area (TPSA) is 213 Å². The Hall–Kier alpha value is -2.15. The summed E-state index contributed by atoms with van der Waals surface area (Å²) < 4.78 is 42.4. The number of hydrogen-bond acceptors (Lipinski definition) is 13. The normalized spacial score (nSPS) is 19.0. The summed E-state index contributed by atoms with van der Waals surface area (Å²) in [6.07, 6.45) is 43.0. The molecule has 8 unspecified atom stereocenters. The molecule has 0 aliphatic carbocycles. The molecule has 1 aliphatic rings. The molecule has 3 amide bonds. The fourth-order valence-corrected chi connectivity index (χ4v) is 11.3. The lowest BCUT2D eigenvalue weighted by Gasteiger charge is -2.38. The van der Waals surface area contributed by atoms with Gasteiger partial charge in [0.2, 0.25) is 11.8 Å². The van der Waals surface area contributed by atoms with Gasteiger partial charge in [-0.3, -0.25) is 9.59 Å². The summed E-state index contributed by atoms with van der Waals surface area (Å²) in [4.78, 5) is 38.3. The molecule has 1 fully saturated rings. The van der Waals surface area contributed by atoms with Crippen LogP contribution in [0.25, 0.3) is 0 Å². The quantitative estimate of drug-likeness (QED) is 0.0313. The van der Waals surface area contributed by atoms with Crippen LogP contribution < -0.4 is 16.0 Å². The zero-order valence-electron chi connectivity index (χ0n) is 58.3. The highest BCUT2D eigenvalue weighted by atomic mass is 16.7. The highest BCUT2D eigenvalue weighted by Crippen LogP contribution is 2.26. The second kappa shape index (κ2) is 56.4. The van der Waals surface area contributed by atoms with Gasteiger partial charge in [-0.05, 0) is 91.4 Å². The first kappa shape index (κ1) is 83.9. The number of hydrogen-bond donors (Lipinski definition) is 6. The Balaban J connectivity index is 2.36. The van der Waals surface area contributed by atoms with Gasteiger partial charge in [-0.25, -0.2) is 4.79 Å². The molecule has 0 radical (unpaired) electrons. The Bertz CT molecular complexity index is 1620. The van der Waals surface area contributed by atoms with Crippen molar-refractivity contribution in [2.75, 3.05) is 65.9 Å². The Morgan fingerprint density at radius 2 is 0.841 bits per heavy atom. The Kier molecular flexibility index (Phi) is 53.7. The first-order valence-electron chi connectivity index (χ1n) is 36.9. The van der Waals surface area contributed by atoms with Crippen molar-refractivity contribution in [2.45, 2.75) is 379 Å². The first-order chi connectivity index (χ1) is 42.6. The van der Waals surface area contributed by atoms with Gasteiger partial charge in [0.1, 0.15) is 30.5 Å². The zero-order valence-corrected chi connectivity index (χ0v) is 58.3. The van der Waals surface area contributed by atoms with Crippen molar-refractivity contribution < 1.29 is 62.9 Å². The van der Waals surface area contributed by atoms with Crippen LogP contribution in [-0.2, 0) is 42.7 Å². The van der Waals surface area contributed by atoms with Crippen LogP contribution >= 0.6 is 0 Å². The standard InChI is InChI=1S/C72H141N3O13/c1-9-14-16-18-20-22-24-26-28-30-31-33-35-37-39-45-55-82-60-72(13-5,87-57-46-40-38-36-34-32-29-27-25-23-21-19-17-15-10-2)61-84-69(81)75-52-44-41-42-48-63(76)73-53-50-70(7,11-3)85-58-51-71(8,12-4)86-59-54-74-64(77)49-43-47-56-83-68-67(80)66(79)65(78)62(6)88-68/h62,65-68,78-80H,9-61H2,1-8H3,(H,73,76)(H,74,77)(H,75,81). The maximum absolute atomic E-state index is 13.0. The van der Waals surface area contributed by atoms with Crippen molar-refractivity contribution in [3.8, 4) is 0 Å². The van der Waals surface area contributed by atoms with Gasteiger partial charge in [0.25, 0.3) is 0 Å². The molecule has 1 aliphatic heterocycles.